The van der Waals surface area contributed by atoms with Crippen LogP contribution in [0.15, 0.2) is 46.9 Å². The summed E-state index contributed by atoms with van der Waals surface area (Å²) in [5, 5.41) is 17.9. The number of halogens is 1. The molecule has 4 heteroatoms. The number of nitriles is 1. The Morgan fingerprint density at radius 1 is 1.16 bits per heavy atom. The van der Waals surface area contributed by atoms with Crippen molar-refractivity contribution in [3.05, 3.63) is 63.6 Å². The summed E-state index contributed by atoms with van der Waals surface area (Å²) in [6.07, 6.45) is 0. The Balaban J connectivity index is 2.08. The summed E-state index contributed by atoms with van der Waals surface area (Å²) in [5.74, 6) is 0.708. The first kappa shape index (κ1) is 13.6. The Kier molecular flexibility index (Phi) is 4.56. The van der Waals surface area contributed by atoms with E-state index in [4.69, 9.17) is 15.1 Å². The first-order valence-electron chi connectivity index (χ1n) is 5.74. The Bertz CT molecular complexity index is 620. The second-order valence-electron chi connectivity index (χ2n) is 4.02. The molecule has 0 aliphatic carbocycles. The summed E-state index contributed by atoms with van der Waals surface area (Å²) < 4.78 is 6.49. The normalized spacial score (nSPS) is 9.95. The van der Waals surface area contributed by atoms with Crippen molar-refractivity contribution in [2.24, 2.45) is 0 Å². The van der Waals surface area contributed by atoms with Gasteiger partial charge in [0.05, 0.1) is 22.7 Å². The smallest absolute Gasteiger partial charge is 0.134 e. The predicted octanol–water partition coefficient (Wildman–Crippen LogP) is 3.39. The molecule has 0 saturated heterocycles. The molecule has 0 saturated carbocycles. The van der Waals surface area contributed by atoms with Crippen molar-refractivity contribution in [2.75, 3.05) is 0 Å². The fourth-order valence-electron chi connectivity index (χ4n) is 1.65. The highest BCUT2D eigenvalue weighted by Gasteiger charge is 2.03. The first-order chi connectivity index (χ1) is 9.22. The molecule has 0 unspecified atom stereocenters. The number of benzene rings is 2. The van der Waals surface area contributed by atoms with Gasteiger partial charge < -0.3 is 9.84 Å². The minimum atomic E-state index is 0.00307. The molecule has 2 aromatic rings. The maximum atomic E-state index is 9.03. The molecule has 0 spiro atoms. The Hall–Kier alpha value is -1.83. The van der Waals surface area contributed by atoms with E-state index in [1.165, 1.54) is 0 Å². The lowest BCUT2D eigenvalue weighted by Gasteiger charge is -2.09. The Morgan fingerprint density at radius 2 is 2.00 bits per heavy atom. The monoisotopic (exact) mass is 317 g/mol. The van der Waals surface area contributed by atoms with Crippen molar-refractivity contribution in [3.63, 3.8) is 0 Å². The average molecular weight is 318 g/mol. The molecule has 2 rings (SSSR count). The average Bonchev–Trinajstić information content (AvgIpc) is 2.46. The van der Waals surface area contributed by atoms with Gasteiger partial charge in [-0.3, -0.25) is 0 Å². The third-order valence-corrected chi connectivity index (χ3v) is 3.25. The summed E-state index contributed by atoms with van der Waals surface area (Å²) in [6.45, 7) is 0.398. The maximum absolute atomic E-state index is 9.03. The molecule has 0 aliphatic rings. The lowest BCUT2D eigenvalue weighted by molar-refractivity contribution is 0.280. The first-order valence-corrected chi connectivity index (χ1v) is 6.53. The number of rotatable bonds is 4. The molecule has 1 N–H and O–H groups in total. The summed E-state index contributed by atoms with van der Waals surface area (Å²) >= 11 is 3.40. The minimum absolute atomic E-state index is 0.00307. The van der Waals surface area contributed by atoms with E-state index in [-0.39, 0.29) is 6.61 Å². The number of nitrogens with zero attached hydrogens (tertiary/aromatic N) is 1. The molecule has 0 atom stereocenters. The van der Waals surface area contributed by atoms with Crippen LogP contribution in [0.2, 0.25) is 0 Å². The molecule has 0 aromatic heterocycles. The zero-order valence-electron chi connectivity index (χ0n) is 10.1. The quantitative estimate of drug-likeness (QED) is 0.940. The van der Waals surface area contributed by atoms with Crippen LogP contribution in [0.5, 0.6) is 5.75 Å². The third kappa shape index (κ3) is 3.57. The zero-order chi connectivity index (χ0) is 13.7. The second kappa shape index (κ2) is 6.37. The van der Waals surface area contributed by atoms with Gasteiger partial charge in [0.1, 0.15) is 12.4 Å². The van der Waals surface area contributed by atoms with E-state index in [2.05, 4.69) is 22.0 Å². The van der Waals surface area contributed by atoms with E-state index in [9.17, 15) is 0 Å². The number of aliphatic hydroxyl groups excluding tert-OH is 1. The topological polar surface area (TPSA) is 53.2 Å². The van der Waals surface area contributed by atoms with Gasteiger partial charge in [-0.25, -0.2) is 0 Å². The van der Waals surface area contributed by atoms with Gasteiger partial charge in [0, 0.05) is 0 Å². The van der Waals surface area contributed by atoms with Gasteiger partial charge in [0.25, 0.3) is 0 Å². The highest BCUT2D eigenvalue weighted by Crippen LogP contribution is 2.26. The minimum Gasteiger partial charge on any atom is -0.488 e. The van der Waals surface area contributed by atoms with Crippen molar-refractivity contribution < 1.29 is 9.84 Å². The standard InChI is InChI=1S/C15H12BrNO2/c16-14-7-12(9-18)4-5-15(14)19-10-13-3-1-2-11(6-13)8-17/h1-7,18H,9-10H2. The summed E-state index contributed by atoms with van der Waals surface area (Å²) in [5.41, 5.74) is 2.39. The molecule has 0 amide bonds. The van der Waals surface area contributed by atoms with Crippen LogP contribution in [0.1, 0.15) is 16.7 Å². The van der Waals surface area contributed by atoms with Crippen molar-refractivity contribution in [2.45, 2.75) is 13.2 Å². The van der Waals surface area contributed by atoms with Crippen LogP contribution in [-0.2, 0) is 13.2 Å². The number of ether oxygens (including phenoxy) is 1. The van der Waals surface area contributed by atoms with E-state index in [0.29, 0.717) is 17.9 Å². The molecule has 0 heterocycles. The van der Waals surface area contributed by atoms with E-state index in [0.717, 1.165) is 15.6 Å². The van der Waals surface area contributed by atoms with Crippen LogP contribution in [0, 0.1) is 11.3 Å². The van der Waals surface area contributed by atoms with E-state index >= 15 is 0 Å². The molecule has 2 aromatic carbocycles. The highest BCUT2D eigenvalue weighted by molar-refractivity contribution is 9.10. The molecule has 3 nitrogen and oxygen atoms in total. The molecule has 19 heavy (non-hydrogen) atoms. The van der Waals surface area contributed by atoms with Gasteiger partial charge in [-0.2, -0.15) is 5.26 Å². The van der Waals surface area contributed by atoms with Crippen LogP contribution in [0.25, 0.3) is 0 Å². The van der Waals surface area contributed by atoms with Gasteiger partial charge in [-0.1, -0.05) is 18.2 Å². The lowest BCUT2D eigenvalue weighted by atomic mass is 10.1. The molecule has 0 aliphatic heterocycles. The van der Waals surface area contributed by atoms with Crippen LogP contribution in [0.4, 0.5) is 0 Å². The van der Waals surface area contributed by atoms with Crippen molar-refractivity contribution in [1.29, 1.82) is 5.26 Å². The van der Waals surface area contributed by atoms with Gasteiger partial charge in [-0.05, 0) is 51.3 Å². The number of aliphatic hydroxyl groups is 1. The fraction of sp³-hybridized carbons (Fsp3) is 0.133. The predicted molar refractivity (Wildman–Crippen MR) is 75.6 cm³/mol. The SMILES string of the molecule is N#Cc1cccc(COc2ccc(CO)cc2Br)c1. The molecule has 0 fully saturated rings. The Morgan fingerprint density at radius 3 is 2.68 bits per heavy atom. The van der Waals surface area contributed by atoms with Crippen molar-refractivity contribution in [1.82, 2.24) is 0 Å². The van der Waals surface area contributed by atoms with Crippen LogP contribution in [0.3, 0.4) is 0 Å². The number of hydrogen-bond donors (Lipinski definition) is 1. The van der Waals surface area contributed by atoms with Gasteiger partial charge >= 0.3 is 0 Å². The summed E-state index contributed by atoms with van der Waals surface area (Å²) in [4.78, 5) is 0. The largest absolute Gasteiger partial charge is 0.488 e. The number of hydrogen-bond acceptors (Lipinski definition) is 3. The van der Waals surface area contributed by atoms with Crippen molar-refractivity contribution in [3.8, 4) is 11.8 Å². The summed E-state index contributed by atoms with van der Waals surface area (Å²) in [6, 6.07) is 14.8. The van der Waals surface area contributed by atoms with Gasteiger partial charge in [0.2, 0.25) is 0 Å². The van der Waals surface area contributed by atoms with Crippen LogP contribution >= 0.6 is 15.9 Å². The highest BCUT2D eigenvalue weighted by atomic mass is 79.9. The summed E-state index contributed by atoms with van der Waals surface area (Å²) in [7, 11) is 0. The van der Waals surface area contributed by atoms with Crippen LogP contribution < -0.4 is 4.74 Å². The maximum Gasteiger partial charge on any atom is 0.134 e. The fourth-order valence-corrected chi connectivity index (χ4v) is 2.19. The lowest BCUT2D eigenvalue weighted by Crippen LogP contribution is -1.97. The molecule has 0 bridgehead atoms. The van der Waals surface area contributed by atoms with Crippen LogP contribution in [-0.4, -0.2) is 5.11 Å². The van der Waals surface area contributed by atoms with Gasteiger partial charge in [-0.15, -0.1) is 0 Å². The van der Waals surface area contributed by atoms with E-state index in [1.807, 2.05) is 30.3 Å². The molecular weight excluding hydrogens is 306 g/mol. The zero-order valence-corrected chi connectivity index (χ0v) is 11.7. The molecular formula is C15H12BrNO2. The van der Waals surface area contributed by atoms with E-state index < -0.39 is 0 Å². The second-order valence-corrected chi connectivity index (χ2v) is 4.88. The Labute approximate surface area is 120 Å². The molecule has 0 radical (unpaired) electrons. The third-order valence-electron chi connectivity index (χ3n) is 2.63. The van der Waals surface area contributed by atoms with Gasteiger partial charge in [0.15, 0.2) is 0 Å². The van der Waals surface area contributed by atoms with E-state index in [1.54, 1.807) is 12.1 Å². The van der Waals surface area contributed by atoms with Crippen molar-refractivity contribution >= 4 is 15.9 Å². The molecule has 96 valence electrons.